The van der Waals surface area contributed by atoms with E-state index in [2.05, 4.69) is 0 Å². The number of benzene rings is 2. The molecule has 0 aliphatic carbocycles. The number of hydrogen-bond donors (Lipinski definition) is 4. The fraction of sp³-hybridized carbons (Fsp3) is 0.385. The summed E-state index contributed by atoms with van der Waals surface area (Å²) in [6, 6.07) is 13.4. The standard InChI is InChI=1S/2C13H17NO3/c2*1-9(15)2-3-10-4-6-11(7-5-10)8-12(14)13(16)17/h2*4-7,12H,2-3,8,14H2,1H3,(H,16,17). The maximum atomic E-state index is 10.8. The van der Waals surface area contributed by atoms with E-state index in [4.69, 9.17) is 21.7 Å². The van der Waals surface area contributed by atoms with Crippen LogP contribution in [-0.2, 0) is 44.9 Å². The van der Waals surface area contributed by atoms with E-state index in [1.54, 1.807) is 13.8 Å². The first-order valence-corrected chi connectivity index (χ1v) is 11.1. The van der Waals surface area contributed by atoms with Gasteiger partial charge in [-0.1, -0.05) is 48.5 Å². The molecule has 0 spiro atoms. The van der Waals surface area contributed by atoms with Gasteiger partial charge < -0.3 is 31.3 Å². The molecule has 0 aromatic heterocycles. The Kier molecular flexibility index (Phi) is 12.4. The van der Waals surface area contributed by atoms with E-state index in [0.29, 0.717) is 25.7 Å². The van der Waals surface area contributed by atoms with Crippen molar-refractivity contribution in [2.75, 3.05) is 0 Å². The van der Waals surface area contributed by atoms with Gasteiger partial charge in [-0.25, -0.2) is 0 Å². The molecule has 184 valence electrons. The van der Waals surface area contributed by atoms with Gasteiger partial charge in [-0.15, -0.1) is 0 Å². The van der Waals surface area contributed by atoms with Crippen molar-refractivity contribution in [1.29, 1.82) is 0 Å². The number of nitrogens with two attached hydrogens (primary N) is 2. The molecule has 0 radical (unpaired) electrons. The lowest BCUT2D eigenvalue weighted by atomic mass is 10.0. The van der Waals surface area contributed by atoms with Crippen LogP contribution in [0.25, 0.3) is 0 Å². The molecule has 2 unspecified atom stereocenters. The molecule has 0 aliphatic heterocycles. The first-order valence-electron chi connectivity index (χ1n) is 11.1. The summed E-state index contributed by atoms with van der Waals surface area (Å²) in [5, 5.41) is 17.4. The van der Waals surface area contributed by atoms with Gasteiger partial charge in [-0.05, 0) is 61.8 Å². The smallest absolute Gasteiger partial charge is 0.320 e. The second-order valence-corrected chi connectivity index (χ2v) is 8.33. The van der Waals surface area contributed by atoms with Crippen LogP contribution in [-0.4, -0.2) is 45.8 Å². The fourth-order valence-electron chi connectivity index (χ4n) is 3.01. The van der Waals surface area contributed by atoms with Gasteiger partial charge in [0.2, 0.25) is 0 Å². The largest absolute Gasteiger partial charge is 0.480 e. The first kappa shape index (κ1) is 28.7. The molecule has 2 aromatic carbocycles. The topological polar surface area (TPSA) is 161 Å². The van der Waals surface area contributed by atoms with Crippen molar-refractivity contribution in [2.24, 2.45) is 11.5 Å². The van der Waals surface area contributed by atoms with Gasteiger partial charge in [0, 0.05) is 12.8 Å². The molecule has 6 N–H and O–H groups in total. The minimum absolute atomic E-state index is 0.168. The molecule has 2 aromatic rings. The van der Waals surface area contributed by atoms with Gasteiger partial charge in [0.05, 0.1) is 0 Å². The van der Waals surface area contributed by atoms with Crippen LogP contribution in [0.4, 0.5) is 0 Å². The number of carbonyl (C=O) groups is 4. The fourth-order valence-corrected chi connectivity index (χ4v) is 3.01. The Labute approximate surface area is 200 Å². The molecular formula is C26H34N2O6. The van der Waals surface area contributed by atoms with Crippen LogP contribution >= 0.6 is 0 Å². The molecule has 0 bridgehead atoms. The zero-order chi connectivity index (χ0) is 25.7. The molecule has 2 atom stereocenters. The molecule has 0 saturated heterocycles. The average Bonchev–Trinajstić information content (AvgIpc) is 2.78. The monoisotopic (exact) mass is 470 g/mol. The SMILES string of the molecule is CC(=O)CCc1ccc(CC(N)C(=O)O)cc1.CC(=O)CCc1ccc(CC(N)C(=O)O)cc1. The molecule has 34 heavy (non-hydrogen) atoms. The van der Waals surface area contributed by atoms with Crippen molar-refractivity contribution < 1.29 is 29.4 Å². The maximum Gasteiger partial charge on any atom is 0.320 e. The Hall–Kier alpha value is -3.36. The van der Waals surface area contributed by atoms with Crippen LogP contribution < -0.4 is 11.5 Å². The summed E-state index contributed by atoms with van der Waals surface area (Å²) in [5.41, 5.74) is 14.8. The Morgan fingerprint density at radius 2 is 0.882 bits per heavy atom. The lowest BCUT2D eigenvalue weighted by molar-refractivity contribution is -0.139. The third-order valence-corrected chi connectivity index (χ3v) is 5.12. The van der Waals surface area contributed by atoms with Crippen LogP contribution in [0.5, 0.6) is 0 Å². The van der Waals surface area contributed by atoms with Crippen LogP contribution in [0.2, 0.25) is 0 Å². The zero-order valence-corrected chi connectivity index (χ0v) is 19.7. The number of carbonyl (C=O) groups excluding carboxylic acids is 2. The number of Topliss-reactive ketones (excluding diaryl/α,β-unsaturated/α-hetero) is 2. The average molecular weight is 471 g/mol. The number of aliphatic carboxylic acids is 2. The highest BCUT2D eigenvalue weighted by molar-refractivity contribution is 5.76. The number of hydrogen-bond acceptors (Lipinski definition) is 6. The van der Waals surface area contributed by atoms with E-state index >= 15 is 0 Å². The second kappa shape index (κ2) is 14.7. The number of carboxylic acid groups (broad SMARTS) is 2. The maximum absolute atomic E-state index is 10.8. The predicted octanol–water partition coefficient (Wildman–Crippen LogP) is 2.33. The van der Waals surface area contributed by atoms with Crippen molar-refractivity contribution in [3.05, 3.63) is 70.8 Å². The normalized spacial score (nSPS) is 12.1. The molecule has 0 amide bonds. The summed E-state index contributed by atoms with van der Waals surface area (Å²) < 4.78 is 0. The molecule has 0 saturated carbocycles. The molecular weight excluding hydrogens is 436 g/mol. The second-order valence-electron chi connectivity index (χ2n) is 8.33. The predicted molar refractivity (Wildman–Crippen MR) is 130 cm³/mol. The van der Waals surface area contributed by atoms with Crippen LogP contribution in [0.1, 0.15) is 48.9 Å². The van der Waals surface area contributed by atoms with Gasteiger partial charge in [0.15, 0.2) is 0 Å². The summed E-state index contributed by atoms with van der Waals surface area (Å²) in [5.74, 6) is -1.65. The van der Waals surface area contributed by atoms with E-state index in [1.807, 2.05) is 48.5 Å². The van der Waals surface area contributed by atoms with Crippen molar-refractivity contribution in [1.82, 2.24) is 0 Å². The number of aryl methyl sites for hydroxylation is 2. The van der Waals surface area contributed by atoms with Crippen LogP contribution in [0.3, 0.4) is 0 Å². The number of carboxylic acids is 2. The highest BCUT2D eigenvalue weighted by Gasteiger charge is 2.12. The van der Waals surface area contributed by atoms with Gasteiger partial charge in [0.1, 0.15) is 23.7 Å². The third-order valence-electron chi connectivity index (χ3n) is 5.12. The Balaban J connectivity index is 0.000000340. The first-order chi connectivity index (χ1) is 16.0. The highest BCUT2D eigenvalue weighted by Crippen LogP contribution is 2.10. The lowest BCUT2D eigenvalue weighted by Crippen LogP contribution is -2.32. The van der Waals surface area contributed by atoms with Gasteiger partial charge in [0.25, 0.3) is 0 Å². The summed E-state index contributed by atoms with van der Waals surface area (Å²) in [6.45, 7) is 3.14. The van der Waals surface area contributed by atoms with Gasteiger partial charge >= 0.3 is 11.9 Å². The Morgan fingerprint density at radius 1 is 0.618 bits per heavy atom. The van der Waals surface area contributed by atoms with Crippen LogP contribution in [0, 0.1) is 0 Å². The third kappa shape index (κ3) is 12.0. The molecule has 2 rings (SSSR count). The Morgan fingerprint density at radius 3 is 1.12 bits per heavy atom. The molecule has 0 heterocycles. The van der Waals surface area contributed by atoms with E-state index in [9.17, 15) is 19.2 Å². The Bertz CT molecular complexity index is 875. The number of ketones is 2. The van der Waals surface area contributed by atoms with E-state index < -0.39 is 24.0 Å². The van der Waals surface area contributed by atoms with Crippen molar-refractivity contribution in [3.63, 3.8) is 0 Å². The van der Waals surface area contributed by atoms with E-state index in [-0.39, 0.29) is 11.6 Å². The molecule has 0 fully saturated rings. The minimum Gasteiger partial charge on any atom is -0.480 e. The molecule has 8 heteroatoms. The zero-order valence-electron chi connectivity index (χ0n) is 19.7. The minimum atomic E-state index is -0.995. The quantitative estimate of drug-likeness (QED) is 0.367. The summed E-state index contributed by atoms with van der Waals surface area (Å²) >= 11 is 0. The van der Waals surface area contributed by atoms with Gasteiger partial charge in [-0.3, -0.25) is 9.59 Å². The lowest BCUT2D eigenvalue weighted by Gasteiger charge is -2.07. The van der Waals surface area contributed by atoms with Crippen molar-refractivity contribution >= 4 is 23.5 Å². The molecule has 8 nitrogen and oxygen atoms in total. The van der Waals surface area contributed by atoms with E-state index in [1.165, 1.54) is 0 Å². The van der Waals surface area contributed by atoms with Gasteiger partial charge in [-0.2, -0.15) is 0 Å². The van der Waals surface area contributed by atoms with Crippen LogP contribution in [0.15, 0.2) is 48.5 Å². The highest BCUT2D eigenvalue weighted by atomic mass is 16.4. The van der Waals surface area contributed by atoms with E-state index in [0.717, 1.165) is 35.1 Å². The summed E-state index contributed by atoms with van der Waals surface area (Å²) in [4.78, 5) is 42.8. The molecule has 0 aliphatic rings. The number of rotatable bonds is 12. The summed E-state index contributed by atoms with van der Waals surface area (Å²) in [7, 11) is 0. The van der Waals surface area contributed by atoms with Crippen molar-refractivity contribution in [2.45, 2.75) is 64.5 Å². The van der Waals surface area contributed by atoms with Crippen molar-refractivity contribution in [3.8, 4) is 0 Å². The summed E-state index contributed by atoms with van der Waals surface area (Å²) in [6.07, 6.45) is 3.16.